The molecule has 35 heavy (non-hydrogen) atoms. The molecule has 0 aliphatic heterocycles. The summed E-state index contributed by atoms with van der Waals surface area (Å²) in [5, 5.41) is 17.4. The van der Waals surface area contributed by atoms with Gasteiger partial charge < -0.3 is 14.8 Å². The molecule has 4 aromatic rings. The molecule has 0 fully saturated rings. The zero-order chi connectivity index (χ0) is 24.5. The van der Waals surface area contributed by atoms with Crippen LogP contribution >= 0.6 is 35.0 Å². The Morgan fingerprint density at radius 2 is 1.83 bits per heavy atom. The van der Waals surface area contributed by atoms with Crippen LogP contribution in [0.2, 0.25) is 10.0 Å². The van der Waals surface area contributed by atoms with Gasteiger partial charge in [0.15, 0.2) is 11.5 Å². The van der Waals surface area contributed by atoms with Crippen LogP contribution in [-0.4, -0.2) is 39.1 Å². The van der Waals surface area contributed by atoms with Crippen LogP contribution in [0.25, 0.3) is 5.69 Å². The van der Waals surface area contributed by atoms with Crippen molar-refractivity contribution in [2.24, 2.45) is 0 Å². The minimum atomic E-state index is 0.345. The Bertz CT molecular complexity index is 1240. The molecule has 0 atom stereocenters. The second-order valence-corrected chi connectivity index (χ2v) is 9.40. The highest BCUT2D eigenvalue weighted by molar-refractivity contribution is 7.99. The third-order valence-corrected chi connectivity index (χ3v) is 6.36. The predicted molar refractivity (Wildman–Crippen MR) is 140 cm³/mol. The number of halogens is 2. The molecule has 3 aromatic carbocycles. The molecule has 1 N–H and O–H groups in total. The summed E-state index contributed by atoms with van der Waals surface area (Å²) in [6.07, 6.45) is 0. The summed E-state index contributed by atoms with van der Waals surface area (Å²) >= 11 is 14.2. The SMILES string of the molecule is CCOc1cc(CNCCSc2nnnn2-c2ccccc2)cc(Cl)c1OCc1cccc(Cl)c1. The third kappa shape index (κ3) is 7.11. The Kier molecular flexibility index (Phi) is 9.25. The predicted octanol–water partition coefficient (Wildman–Crippen LogP) is 5.83. The van der Waals surface area contributed by atoms with E-state index in [2.05, 4.69) is 20.8 Å². The number of hydrogen-bond donors (Lipinski definition) is 1. The lowest BCUT2D eigenvalue weighted by Gasteiger charge is -2.16. The van der Waals surface area contributed by atoms with E-state index in [0.717, 1.165) is 34.3 Å². The summed E-state index contributed by atoms with van der Waals surface area (Å²) in [5.74, 6) is 1.95. The first-order valence-corrected chi connectivity index (χ1v) is 12.9. The molecular formula is C25H25Cl2N5O2S. The molecule has 0 spiro atoms. The minimum Gasteiger partial charge on any atom is -0.490 e. The molecule has 0 radical (unpaired) electrons. The molecule has 10 heteroatoms. The molecule has 0 saturated heterocycles. The van der Waals surface area contributed by atoms with Gasteiger partial charge in [0.05, 0.1) is 17.3 Å². The lowest BCUT2D eigenvalue weighted by molar-refractivity contribution is 0.269. The second kappa shape index (κ2) is 12.8. The monoisotopic (exact) mass is 529 g/mol. The van der Waals surface area contributed by atoms with Crippen LogP contribution in [0.3, 0.4) is 0 Å². The summed E-state index contributed by atoms with van der Waals surface area (Å²) in [4.78, 5) is 0. The van der Waals surface area contributed by atoms with Gasteiger partial charge in [-0.2, -0.15) is 4.68 Å². The van der Waals surface area contributed by atoms with E-state index in [4.69, 9.17) is 32.7 Å². The van der Waals surface area contributed by atoms with Gasteiger partial charge in [-0.25, -0.2) is 0 Å². The van der Waals surface area contributed by atoms with Crippen LogP contribution < -0.4 is 14.8 Å². The number of rotatable bonds is 12. The number of nitrogens with one attached hydrogen (secondary N) is 1. The molecule has 0 amide bonds. The van der Waals surface area contributed by atoms with Crippen molar-refractivity contribution >= 4 is 35.0 Å². The first-order valence-electron chi connectivity index (χ1n) is 11.1. The zero-order valence-corrected chi connectivity index (χ0v) is 21.5. The first kappa shape index (κ1) is 25.3. The summed E-state index contributed by atoms with van der Waals surface area (Å²) in [7, 11) is 0. The maximum absolute atomic E-state index is 6.56. The summed E-state index contributed by atoms with van der Waals surface area (Å²) in [5.41, 5.74) is 2.90. The lowest BCUT2D eigenvalue weighted by atomic mass is 10.2. The van der Waals surface area contributed by atoms with Crippen LogP contribution in [-0.2, 0) is 13.2 Å². The molecule has 0 aliphatic carbocycles. The highest BCUT2D eigenvalue weighted by Crippen LogP contribution is 2.37. The average molecular weight is 530 g/mol. The van der Waals surface area contributed by atoms with Crippen LogP contribution in [0.4, 0.5) is 0 Å². The number of para-hydroxylation sites is 1. The molecule has 1 heterocycles. The molecule has 7 nitrogen and oxygen atoms in total. The normalized spacial score (nSPS) is 10.9. The summed E-state index contributed by atoms with van der Waals surface area (Å²) < 4.78 is 13.5. The smallest absolute Gasteiger partial charge is 0.214 e. The number of tetrazole rings is 1. The van der Waals surface area contributed by atoms with E-state index in [1.807, 2.05) is 73.7 Å². The van der Waals surface area contributed by atoms with Crippen molar-refractivity contribution in [1.29, 1.82) is 0 Å². The van der Waals surface area contributed by atoms with Gasteiger partial charge in [0.25, 0.3) is 0 Å². The largest absolute Gasteiger partial charge is 0.490 e. The van der Waals surface area contributed by atoms with E-state index in [1.54, 1.807) is 16.4 Å². The van der Waals surface area contributed by atoms with Crippen molar-refractivity contribution < 1.29 is 9.47 Å². The van der Waals surface area contributed by atoms with Crippen LogP contribution in [0, 0.1) is 0 Å². The van der Waals surface area contributed by atoms with Crippen LogP contribution in [0.15, 0.2) is 71.9 Å². The highest BCUT2D eigenvalue weighted by Gasteiger charge is 2.14. The van der Waals surface area contributed by atoms with E-state index in [-0.39, 0.29) is 0 Å². The summed E-state index contributed by atoms with van der Waals surface area (Å²) in [6, 6.07) is 21.2. The number of hydrogen-bond acceptors (Lipinski definition) is 7. The molecule has 0 aliphatic rings. The first-order chi connectivity index (χ1) is 17.1. The van der Waals surface area contributed by atoms with Gasteiger partial charge in [0.2, 0.25) is 5.16 Å². The molecule has 0 saturated carbocycles. The molecule has 182 valence electrons. The molecular weight excluding hydrogens is 505 g/mol. The quantitative estimate of drug-likeness (QED) is 0.183. The topological polar surface area (TPSA) is 74.1 Å². The van der Waals surface area contributed by atoms with E-state index >= 15 is 0 Å². The Hall–Kier alpha value is -2.78. The van der Waals surface area contributed by atoms with Crippen molar-refractivity contribution in [3.63, 3.8) is 0 Å². The van der Waals surface area contributed by atoms with Crippen molar-refractivity contribution in [3.8, 4) is 17.2 Å². The standard InChI is InChI=1S/C25H25Cl2N5O2S/c1-2-33-23-15-19(14-22(27)24(23)34-17-18-7-6-8-20(26)13-18)16-28-11-12-35-25-29-30-31-32(25)21-9-4-3-5-10-21/h3-10,13-15,28H,2,11-12,16-17H2,1H3. The number of thioether (sulfide) groups is 1. The van der Waals surface area contributed by atoms with Gasteiger partial charge in [-0.1, -0.05) is 65.3 Å². The number of ether oxygens (including phenoxy) is 2. The number of aromatic nitrogens is 4. The minimum absolute atomic E-state index is 0.345. The zero-order valence-electron chi connectivity index (χ0n) is 19.2. The second-order valence-electron chi connectivity index (χ2n) is 7.49. The van der Waals surface area contributed by atoms with Gasteiger partial charge in [0.1, 0.15) is 6.61 Å². The van der Waals surface area contributed by atoms with Crippen LogP contribution in [0.1, 0.15) is 18.1 Å². The maximum atomic E-state index is 6.56. The van der Waals surface area contributed by atoms with Crippen molar-refractivity contribution in [2.75, 3.05) is 18.9 Å². The fourth-order valence-corrected chi connectivity index (χ4v) is 4.64. The Labute approximate surface area is 218 Å². The Morgan fingerprint density at radius 1 is 0.971 bits per heavy atom. The maximum Gasteiger partial charge on any atom is 0.214 e. The van der Waals surface area contributed by atoms with Crippen molar-refractivity contribution in [1.82, 2.24) is 25.5 Å². The molecule has 0 bridgehead atoms. The average Bonchev–Trinajstić information content (AvgIpc) is 3.33. The third-order valence-electron chi connectivity index (χ3n) is 4.92. The molecule has 0 unspecified atom stereocenters. The molecule has 1 aromatic heterocycles. The van der Waals surface area contributed by atoms with Gasteiger partial charge in [-0.05, 0) is 64.9 Å². The lowest BCUT2D eigenvalue weighted by Crippen LogP contribution is -2.17. The van der Waals surface area contributed by atoms with E-state index < -0.39 is 0 Å². The summed E-state index contributed by atoms with van der Waals surface area (Å²) in [6.45, 7) is 4.18. The highest BCUT2D eigenvalue weighted by atomic mass is 35.5. The van der Waals surface area contributed by atoms with E-state index in [9.17, 15) is 0 Å². The van der Waals surface area contributed by atoms with Crippen LogP contribution in [0.5, 0.6) is 11.5 Å². The van der Waals surface area contributed by atoms with Gasteiger partial charge in [0, 0.05) is 23.9 Å². The fraction of sp³-hybridized carbons (Fsp3) is 0.240. The molecule has 4 rings (SSSR count). The Balaban J connectivity index is 1.31. The van der Waals surface area contributed by atoms with E-state index in [1.165, 1.54) is 0 Å². The van der Waals surface area contributed by atoms with Gasteiger partial charge in [-0.3, -0.25) is 0 Å². The number of benzene rings is 3. The van der Waals surface area contributed by atoms with Crippen molar-refractivity contribution in [3.05, 3.63) is 87.9 Å². The fourth-order valence-electron chi connectivity index (χ4n) is 3.36. The van der Waals surface area contributed by atoms with Crippen molar-refractivity contribution in [2.45, 2.75) is 25.2 Å². The van der Waals surface area contributed by atoms with Gasteiger partial charge >= 0.3 is 0 Å². The Morgan fingerprint density at radius 3 is 2.63 bits per heavy atom. The van der Waals surface area contributed by atoms with E-state index in [0.29, 0.717) is 41.3 Å². The van der Waals surface area contributed by atoms with Gasteiger partial charge in [-0.15, -0.1) is 5.10 Å². The number of nitrogens with zero attached hydrogens (tertiary/aromatic N) is 4.